The number of rotatable bonds is 6. The number of hydrogen-bond donors (Lipinski definition) is 4. The maximum atomic E-state index is 13.4. The van der Waals surface area contributed by atoms with Gasteiger partial charge in [-0.25, -0.2) is 9.78 Å². The van der Waals surface area contributed by atoms with Crippen molar-refractivity contribution in [3.63, 3.8) is 0 Å². The van der Waals surface area contributed by atoms with Crippen molar-refractivity contribution in [2.24, 2.45) is 0 Å². The lowest BCUT2D eigenvalue weighted by atomic mass is 10.0. The molecule has 2 atom stereocenters. The number of fused-ring (bicyclic) bond motifs is 1. The first-order valence-corrected chi connectivity index (χ1v) is 12.6. The van der Waals surface area contributed by atoms with Crippen molar-refractivity contribution in [3.8, 4) is 11.3 Å². The molecule has 3 heterocycles. The third-order valence-corrected chi connectivity index (χ3v) is 6.83. The minimum absolute atomic E-state index is 0.305. The summed E-state index contributed by atoms with van der Waals surface area (Å²) in [4.78, 5) is 47.1. The molecule has 37 heavy (non-hydrogen) atoms. The number of hydrogen-bond acceptors (Lipinski definition) is 4. The van der Waals surface area contributed by atoms with Crippen LogP contribution in [0.15, 0.2) is 77.4 Å². The molecule has 0 unspecified atom stereocenters. The van der Waals surface area contributed by atoms with Crippen molar-refractivity contribution in [2.45, 2.75) is 24.9 Å². The fourth-order valence-corrected chi connectivity index (χ4v) is 4.95. The van der Waals surface area contributed by atoms with Crippen molar-refractivity contribution < 1.29 is 19.5 Å². The second-order valence-corrected chi connectivity index (χ2v) is 9.61. The first kappa shape index (κ1) is 24.5. The van der Waals surface area contributed by atoms with Gasteiger partial charge in [0.2, 0.25) is 5.91 Å². The Balaban J connectivity index is 1.29. The lowest BCUT2D eigenvalue weighted by Crippen LogP contribution is -2.48. The summed E-state index contributed by atoms with van der Waals surface area (Å²) < 4.78 is 0.761. The molecule has 2 aromatic heterocycles. The van der Waals surface area contributed by atoms with Crippen molar-refractivity contribution in [2.75, 3.05) is 11.9 Å². The zero-order valence-corrected chi connectivity index (χ0v) is 21.2. The standard InChI is InChI=1S/C27H24BrN5O4/c28-23-13-12-19-21(31-23)15-20(30-19)16-8-10-18(11-9-16)29-25(34)22-7-4-14-33(22)26(35)24(32-27(36)37)17-5-2-1-3-6-17/h1-3,5-6,8-13,15,22,24,30,32H,4,7,14H2,(H,29,34)(H,36,37)/t22-,24-/m0/s1. The maximum Gasteiger partial charge on any atom is 0.405 e. The lowest BCUT2D eigenvalue weighted by Gasteiger charge is -2.28. The number of carbonyl (C=O) groups excluding carboxylic acids is 2. The number of halogens is 1. The fourth-order valence-electron chi connectivity index (χ4n) is 4.62. The second-order valence-electron chi connectivity index (χ2n) is 8.80. The number of anilines is 1. The molecular formula is C27H24BrN5O4. The molecule has 2 aromatic carbocycles. The normalized spacial score (nSPS) is 15.9. The van der Waals surface area contributed by atoms with Crippen LogP contribution in [0, 0.1) is 0 Å². The second kappa shape index (κ2) is 10.4. The average molecular weight is 562 g/mol. The molecule has 10 heteroatoms. The highest BCUT2D eigenvalue weighted by Crippen LogP contribution is 2.27. The summed E-state index contributed by atoms with van der Waals surface area (Å²) in [7, 11) is 0. The van der Waals surface area contributed by atoms with Gasteiger partial charge in [-0.3, -0.25) is 9.59 Å². The Kier molecular flexibility index (Phi) is 6.91. The molecule has 1 fully saturated rings. The first-order chi connectivity index (χ1) is 17.9. The first-order valence-electron chi connectivity index (χ1n) is 11.8. The topological polar surface area (TPSA) is 127 Å². The van der Waals surface area contributed by atoms with E-state index < -0.39 is 24.1 Å². The van der Waals surface area contributed by atoms with E-state index in [1.807, 2.05) is 42.5 Å². The third kappa shape index (κ3) is 5.34. The number of nitrogens with one attached hydrogen (secondary N) is 3. The van der Waals surface area contributed by atoms with Crippen LogP contribution in [0.25, 0.3) is 22.3 Å². The third-order valence-electron chi connectivity index (χ3n) is 6.39. The van der Waals surface area contributed by atoms with E-state index in [2.05, 4.69) is 36.5 Å². The molecule has 1 aliphatic heterocycles. The average Bonchev–Trinajstić information content (AvgIpc) is 3.55. The highest BCUT2D eigenvalue weighted by atomic mass is 79.9. The van der Waals surface area contributed by atoms with Crippen LogP contribution < -0.4 is 10.6 Å². The molecule has 4 N–H and O–H groups in total. The van der Waals surface area contributed by atoms with Crippen LogP contribution in [0.3, 0.4) is 0 Å². The number of amides is 3. The Labute approximate surface area is 221 Å². The summed E-state index contributed by atoms with van der Waals surface area (Å²) in [5.41, 5.74) is 4.75. The van der Waals surface area contributed by atoms with E-state index in [-0.39, 0.29) is 5.91 Å². The number of aromatic nitrogens is 2. The fraction of sp³-hybridized carbons (Fsp3) is 0.185. The maximum absolute atomic E-state index is 13.4. The quantitative estimate of drug-likeness (QED) is 0.248. The molecule has 9 nitrogen and oxygen atoms in total. The number of carbonyl (C=O) groups is 3. The summed E-state index contributed by atoms with van der Waals surface area (Å²) in [5.74, 6) is -0.749. The molecule has 188 valence electrons. The van der Waals surface area contributed by atoms with Gasteiger partial charge in [-0.2, -0.15) is 0 Å². The SMILES string of the molecule is O=C(O)N[C@H](C(=O)N1CCC[C@H]1C(=O)Nc1ccc(-c2cc3nc(Br)ccc3[nH]2)cc1)c1ccccc1. The molecule has 0 radical (unpaired) electrons. The number of likely N-dealkylation sites (tertiary alicyclic amines) is 1. The Bertz CT molecular complexity index is 1450. The molecule has 5 rings (SSSR count). The molecule has 0 aliphatic carbocycles. The smallest absolute Gasteiger partial charge is 0.405 e. The van der Waals surface area contributed by atoms with E-state index in [1.165, 1.54) is 4.90 Å². The molecule has 0 bridgehead atoms. The number of aromatic amines is 1. The van der Waals surface area contributed by atoms with Gasteiger partial charge in [0.25, 0.3) is 5.91 Å². The van der Waals surface area contributed by atoms with Crippen LogP contribution in [-0.4, -0.2) is 50.5 Å². The Morgan fingerprint density at radius 1 is 1.05 bits per heavy atom. The monoisotopic (exact) mass is 561 g/mol. The molecule has 0 spiro atoms. The minimum atomic E-state index is -1.30. The molecule has 1 saturated heterocycles. The number of H-pyrrole nitrogens is 1. The van der Waals surface area contributed by atoms with E-state index in [4.69, 9.17) is 0 Å². The van der Waals surface area contributed by atoms with E-state index >= 15 is 0 Å². The van der Waals surface area contributed by atoms with Gasteiger partial charge >= 0.3 is 6.09 Å². The van der Waals surface area contributed by atoms with Crippen LogP contribution in [0.5, 0.6) is 0 Å². The van der Waals surface area contributed by atoms with Crippen molar-refractivity contribution in [1.82, 2.24) is 20.2 Å². The molecule has 0 saturated carbocycles. The lowest BCUT2D eigenvalue weighted by molar-refractivity contribution is -0.138. The number of nitrogens with zero attached hydrogens (tertiary/aromatic N) is 2. The number of carboxylic acid groups (broad SMARTS) is 1. The molecule has 4 aromatic rings. The van der Waals surface area contributed by atoms with Gasteiger partial charge in [-0.05, 0) is 70.2 Å². The van der Waals surface area contributed by atoms with Gasteiger partial charge in [0.05, 0.1) is 11.0 Å². The largest absolute Gasteiger partial charge is 0.465 e. The summed E-state index contributed by atoms with van der Waals surface area (Å²) in [6, 6.07) is 20.1. The van der Waals surface area contributed by atoms with E-state index in [0.29, 0.717) is 30.6 Å². The van der Waals surface area contributed by atoms with Crippen molar-refractivity contribution in [3.05, 3.63) is 83.0 Å². The van der Waals surface area contributed by atoms with Crippen LogP contribution in [-0.2, 0) is 9.59 Å². The van der Waals surface area contributed by atoms with Gasteiger partial charge in [0.1, 0.15) is 16.7 Å². The van der Waals surface area contributed by atoms with Gasteiger partial charge < -0.3 is 25.6 Å². The summed E-state index contributed by atoms with van der Waals surface area (Å²) in [6.45, 7) is 0.380. The van der Waals surface area contributed by atoms with Gasteiger partial charge in [-0.1, -0.05) is 42.5 Å². The summed E-state index contributed by atoms with van der Waals surface area (Å²) in [6.07, 6.45) is -0.148. The van der Waals surface area contributed by atoms with Crippen molar-refractivity contribution in [1.29, 1.82) is 0 Å². The predicted octanol–water partition coefficient (Wildman–Crippen LogP) is 4.93. The van der Waals surface area contributed by atoms with Crippen LogP contribution in [0.1, 0.15) is 24.4 Å². The Hall–Kier alpha value is -4.18. The summed E-state index contributed by atoms with van der Waals surface area (Å²) >= 11 is 3.38. The Morgan fingerprint density at radius 3 is 2.54 bits per heavy atom. The van der Waals surface area contributed by atoms with Gasteiger partial charge in [-0.15, -0.1) is 0 Å². The van der Waals surface area contributed by atoms with Gasteiger partial charge in [0.15, 0.2) is 0 Å². The van der Waals surface area contributed by atoms with Gasteiger partial charge in [0, 0.05) is 17.9 Å². The minimum Gasteiger partial charge on any atom is -0.465 e. The zero-order valence-electron chi connectivity index (χ0n) is 19.6. The molecule has 3 amide bonds. The molecular weight excluding hydrogens is 538 g/mol. The number of benzene rings is 2. The van der Waals surface area contributed by atoms with E-state index in [1.54, 1.807) is 30.3 Å². The highest BCUT2D eigenvalue weighted by Gasteiger charge is 2.38. The molecule has 1 aliphatic rings. The van der Waals surface area contributed by atoms with E-state index in [9.17, 15) is 19.5 Å². The van der Waals surface area contributed by atoms with Crippen LogP contribution in [0.4, 0.5) is 10.5 Å². The van der Waals surface area contributed by atoms with Crippen molar-refractivity contribution >= 4 is 50.6 Å². The zero-order chi connectivity index (χ0) is 25.9. The van der Waals surface area contributed by atoms with Crippen LogP contribution >= 0.6 is 15.9 Å². The van der Waals surface area contributed by atoms with E-state index in [0.717, 1.165) is 26.9 Å². The predicted molar refractivity (Wildman–Crippen MR) is 143 cm³/mol. The van der Waals surface area contributed by atoms with Crippen LogP contribution in [0.2, 0.25) is 0 Å². The summed E-state index contributed by atoms with van der Waals surface area (Å²) in [5, 5.41) is 14.5. The number of pyridine rings is 1. The Morgan fingerprint density at radius 2 is 1.81 bits per heavy atom. The highest BCUT2D eigenvalue weighted by molar-refractivity contribution is 9.10.